The Balaban J connectivity index is 2.13. The first-order chi connectivity index (χ1) is 10.9. The van der Waals surface area contributed by atoms with E-state index in [0.717, 1.165) is 17.8 Å². The van der Waals surface area contributed by atoms with Crippen LogP contribution in [0.15, 0.2) is 30.3 Å². The molecule has 0 spiro atoms. The molecule has 0 radical (unpaired) electrons. The molecule has 0 fully saturated rings. The second-order valence-corrected chi connectivity index (χ2v) is 6.43. The third-order valence-electron chi connectivity index (χ3n) is 4.49. The van der Waals surface area contributed by atoms with Crippen LogP contribution < -0.4 is 10.6 Å². The first-order valence-corrected chi connectivity index (χ1v) is 7.77. The number of nitrogens with zero attached hydrogens (tertiary/aromatic N) is 2. The van der Waals surface area contributed by atoms with Gasteiger partial charge in [-0.25, -0.2) is 9.37 Å². The van der Waals surface area contributed by atoms with Crippen LogP contribution >= 0.6 is 11.6 Å². The van der Waals surface area contributed by atoms with E-state index in [1.165, 1.54) is 6.07 Å². The lowest BCUT2D eigenvalue weighted by Gasteiger charge is -2.24. The summed E-state index contributed by atoms with van der Waals surface area (Å²) in [6.07, 6.45) is 0.835. The summed E-state index contributed by atoms with van der Waals surface area (Å²) in [5.74, 6) is -1.01. The smallest absolute Gasteiger partial charge is 0.267 e. The number of primary amides is 1. The minimum atomic E-state index is -0.553. The molecule has 0 aliphatic carbocycles. The van der Waals surface area contributed by atoms with Crippen molar-refractivity contribution in [1.82, 2.24) is 4.98 Å². The minimum Gasteiger partial charge on any atom is -0.364 e. The molecule has 0 saturated carbocycles. The van der Waals surface area contributed by atoms with Gasteiger partial charge in [0.1, 0.15) is 11.5 Å². The first-order valence-electron chi connectivity index (χ1n) is 7.39. The van der Waals surface area contributed by atoms with Crippen LogP contribution in [0.25, 0.3) is 0 Å². The molecule has 1 aromatic carbocycles. The summed E-state index contributed by atoms with van der Waals surface area (Å²) in [4.78, 5) is 17.9. The molecule has 0 bridgehead atoms. The summed E-state index contributed by atoms with van der Waals surface area (Å²) in [6, 6.07) is 8.14. The third kappa shape index (κ3) is 2.55. The van der Waals surface area contributed by atoms with Crippen molar-refractivity contribution in [2.75, 3.05) is 11.4 Å². The van der Waals surface area contributed by atoms with Gasteiger partial charge in [-0.2, -0.15) is 0 Å². The van der Waals surface area contributed by atoms with E-state index in [9.17, 15) is 9.18 Å². The minimum absolute atomic E-state index is 0.0913. The standard InChI is InChI=1S/C17H17ClFN3O/c1-3-17(2)9-22(10-4-5-11(18)12(19)8-10)14-7-6-13(16(20)23)21-15(14)17/h4-8H,3,9H2,1-2H3,(H2,20,23). The monoisotopic (exact) mass is 333 g/mol. The predicted molar refractivity (Wildman–Crippen MR) is 88.8 cm³/mol. The Kier molecular flexibility index (Phi) is 3.76. The summed E-state index contributed by atoms with van der Waals surface area (Å²) in [5, 5.41) is 0.0913. The van der Waals surface area contributed by atoms with E-state index in [0.29, 0.717) is 12.2 Å². The summed E-state index contributed by atoms with van der Waals surface area (Å²) >= 11 is 5.77. The van der Waals surface area contributed by atoms with Crippen LogP contribution in [0.2, 0.25) is 5.02 Å². The summed E-state index contributed by atoms with van der Waals surface area (Å²) in [6.45, 7) is 4.79. The number of carbonyl (C=O) groups excluding carboxylic acids is 1. The molecule has 6 heteroatoms. The largest absolute Gasteiger partial charge is 0.364 e. The zero-order valence-electron chi connectivity index (χ0n) is 12.9. The quantitative estimate of drug-likeness (QED) is 0.929. The number of pyridine rings is 1. The average molecular weight is 334 g/mol. The van der Waals surface area contributed by atoms with E-state index < -0.39 is 11.7 Å². The van der Waals surface area contributed by atoms with Gasteiger partial charge in [-0.15, -0.1) is 0 Å². The molecule has 2 aromatic rings. The molecule has 120 valence electrons. The van der Waals surface area contributed by atoms with Crippen LogP contribution in [-0.2, 0) is 5.41 Å². The highest BCUT2D eigenvalue weighted by Crippen LogP contribution is 2.45. The number of carbonyl (C=O) groups is 1. The van der Waals surface area contributed by atoms with Gasteiger partial charge in [0, 0.05) is 17.6 Å². The molecule has 2 N–H and O–H groups in total. The van der Waals surface area contributed by atoms with Gasteiger partial charge in [-0.05, 0) is 36.8 Å². The van der Waals surface area contributed by atoms with E-state index >= 15 is 0 Å². The van der Waals surface area contributed by atoms with Gasteiger partial charge in [0.05, 0.1) is 16.4 Å². The normalized spacial score (nSPS) is 19.7. The Morgan fingerprint density at radius 2 is 2.17 bits per heavy atom. The van der Waals surface area contributed by atoms with Crippen molar-refractivity contribution in [3.63, 3.8) is 0 Å². The number of nitrogens with two attached hydrogens (primary N) is 1. The fourth-order valence-corrected chi connectivity index (χ4v) is 3.04. The highest BCUT2D eigenvalue weighted by Gasteiger charge is 2.40. The molecular weight excluding hydrogens is 317 g/mol. The highest BCUT2D eigenvalue weighted by molar-refractivity contribution is 6.30. The molecule has 0 saturated heterocycles. The van der Waals surface area contributed by atoms with E-state index in [2.05, 4.69) is 18.8 Å². The van der Waals surface area contributed by atoms with Gasteiger partial charge in [-0.1, -0.05) is 25.4 Å². The molecule has 1 aliphatic heterocycles. The van der Waals surface area contributed by atoms with E-state index in [1.54, 1.807) is 18.2 Å². The summed E-state index contributed by atoms with van der Waals surface area (Å²) in [5.41, 5.74) is 7.73. The van der Waals surface area contributed by atoms with Gasteiger partial charge in [0.15, 0.2) is 0 Å². The number of fused-ring (bicyclic) bond motifs is 1. The molecule has 1 aliphatic rings. The third-order valence-corrected chi connectivity index (χ3v) is 4.80. The number of anilines is 2. The lowest BCUT2D eigenvalue weighted by atomic mass is 9.85. The molecule has 1 unspecified atom stereocenters. The van der Waals surface area contributed by atoms with Crippen LogP contribution in [0.3, 0.4) is 0 Å². The van der Waals surface area contributed by atoms with Crippen molar-refractivity contribution in [3.8, 4) is 0 Å². The van der Waals surface area contributed by atoms with Gasteiger partial charge < -0.3 is 10.6 Å². The zero-order chi connectivity index (χ0) is 16.8. The van der Waals surface area contributed by atoms with Crippen molar-refractivity contribution < 1.29 is 9.18 Å². The number of aromatic nitrogens is 1. The molecule has 4 nitrogen and oxygen atoms in total. The van der Waals surface area contributed by atoms with Crippen molar-refractivity contribution in [1.29, 1.82) is 0 Å². The van der Waals surface area contributed by atoms with E-state index in [4.69, 9.17) is 17.3 Å². The van der Waals surface area contributed by atoms with Gasteiger partial charge in [0.25, 0.3) is 5.91 Å². The second kappa shape index (κ2) is 5.49. The molecule has 1 atom stereocenters. The van der Waals surface area contributed by atoms with Gasteiger partial charge >= 0.3 is 0 Å². The number of hydrogen-bond donors (Lipinski definition) is 1. The van der Waals surface area contributed by atoms with Crippen molar-refractivity contribution in [3.05, 3.63) is 52.6 Å². The SMILES string of the molecule is CCC1(C)CN(c2ccc(Cl)c(F)c2)c2ccc(C(N)=O)nc21. The highest BCUT2D eigenvalue weighted by atomic mass is 35.5. The topological polar surface area (TPSA) is 59.2 Å². The Hall–Kier alpha value is -2.14. The Morgan fingerprint density at radius 3 is 2.78 bits per heavy atom. The fourth-order valence-electron chi connectivity index (χ4n) is 2.92. The molecule has 1 aromatic heterocycles. The molecule has 1 amide bonds. The van der Waals surface area contributed by atoms with Crippen LogP contribution in [-0.4, -0.2) is 17.4 Å². The number of benzene rings is 1. The Bertz CT molecular complexity index is 795. The number of halogens is 2. The molecule has 23 heavy (non-hydrogen) atoms. The maximum atomic E-state index is 13.8. The van der Waals surface area contributed by atoms with Gasteiger partial charge in [-0.3, -0.25) is 4.79 Å². The maximum absolute atomic E-state index is 13.8. The molecular formula is C17H17ClFN3O. The summed E-state index contributed by atoms with van der Waals surface area (Å²) in [7, 11) is 0. The molecule has 2 heterocycles. The number of hydrogen-bond acceptors (Lipinski definition) is 3. The van der Waals surface area contributed by atoms with Gasteiger partial charge in [0.2, 0.25) is 0 Å². The van der Waals surface area contributed by atoms with Crippen LogP contribution in [0.5, 0.6) is 0 Å². The number of rotatable bonds is 3. The van der Waals surface area contributed by atoms with Crippen LogP contribution in [0, 0.1) is 5.82 Å². The maximum Gasteiger partial charge on any atom is 0.267 e. The lowest BCUT2D eigenvalue weighted by molar-refractivity contribution is 0.0995. The van der Waals surface area contributed by atoms with Crippen LogP contribution in [0.4, 0.5) is 15.8 Å². The fraction of sp³-hybridized carbons (Fsp3) is 0.294. The average Bonchev–Trinajstić information content (AvgIpc) is 2.83. The van der Waals surface area contributed by atoms with Crippen molar-refractivity contribution >= 4 is 28.9 Å². The predicted octanol–water partition coefficient (Wildman–Crippen LogP) is 3.79. The molecule has 3 rings (SSSR count). The Labute approximate surface area is 139 Å². The Morgan fingerprint density at radius 1 is 1.43 bits per heavy atom. The van der Waals surface area contributed by atoms with E-state index in [-0.39, 0.29) is 16.1 Å². The van der Waals surface area contributed by atoms with Crippen LogP contribution in [0.1, 0.15) is 36.5 Å². The van der Waals surface area contributed by atoms with Crippen molar-refractivity contribution in [2.24, 2.45) is 5.73 Å². The van der Waals surface area contributed by atoms with Crippen molar-refractivity contribution in [2.45, 2.75) is 25.7 Å². The van der Waals surface area contributed by atoms with E-state index in [1.807, 2.05) is 11.0 Å². The zero-order valence-corrected chi connectivity index (χ0v) is 13.7. The summed E-state index contributed by atoms with van der Waals surface area (Å²) < 4.78 is 13.8. The lowest BCUT2D eigenvalue weighted by Crippen LogP contribution is -2.28. The second-order valence-electron chi connectivity index (χ2n) is 6.03. The number of amides is 1. The first kappa shape index (κ1) is 15.7.